The molecule has 1 unspecified atom stereocenters. The van der Waals surface area contributed by atoms with Crippen LogP contribution in [0.15, 0.2) is 30.6 Å². The number of pyridine rings is 1. The van der Waals surface area contributed by atoms with E-state index < -0.39 is 0 Å². The van der Waals surface area contributed by atoms with Crippen LogP contribution in [0.1, 0.15) is 30.4 Å². The lowest BCUT2D eigenvalue weighted by molar-refractivity contribution is -0.0646. The number of hydrogen-bond acceptors (Lipinski definition) is 5. The van der Waals surface area contributed by atoms with Crippen LogP contribution < -0.4 is 5.32 Å². The smallest absolute Gasteiger partial charge is 0.141 e. The Morgan fingerprint density at radius 3 is 2.88 bits per heavy atom. The van der Waals surface area contributed by atoms with E-state index in [1.54, 1.807) is 6.07 Å². The van der Waals surface area contributed by atoms with Crippen LogP contribution in [0.2, 0.25) is 0 Å². The summed E-state index contributed by atoms with van der Waals surface area (Å²) < 4.78 is 20.9. The van der Waals surface area contributed by atoms with Crippen molar-refractivity contribution in [2.75, 3.05) is 26.7 Å². The van der Waals surface area contributed by atoms with E-state index in [0.29, 0.717) is 13.2 Å². The molecule has 0 bridgehead atoms. The van der Waals surface area contributed by atoms with Gasteiger partial charge in [0.15, 0.2) is 0 Å². The number of aromatic nitrogens is 3. The van der Waals surface area contributed by atoms with E-state index in [1.807, 2.05) is 30.9 Å². The van der Waals surface area contributed by atoms with Crippen molar-refractivity contribution < 1.29 is 9.13 Å². The molecule has 0 spiro atoms. The third kappa shape index (κ3) is 3.63. The fraction of sp³-hybridized carbons (Fsp3) is 0.529. The zero-order valence-electron chi connectivity index (χ0n) is 14.3. The van der Waals surface area contributed by atoms with Gasteiger partial charge in [0.05, 0.1) is 36.3 Å². The number of morpholine rings is 1. The van der Waals surface area contributed by atoms with Crippen molar-refractivity contribution >= 4 is 0 Å². The van der Waals surface area contributed by atoms with E-state index in [0.717, 1.165) is 17.9 Å². The largest absolute Gasteiger partial charge is 0.374 e. The molecule has 24 heavy (non-hydrogen) atoms. The Morgan fingerprint density at radius 1 is 1.38 bits per heavy atom. The van der Waals surface area contributed by atoms with Gasteiger partial charge in [-0.05, 0) is 32.2 Å². The van der Waals surface area contributed by atoms with Crippen LogP contribution in [-0.2, 0) is 11.8 Å². The molecule has 0 aromatic carbocycles. The summed E-state index contributed by atoms with van der Waals surface area (Å²) in [5, 5.41) is 7.73. The van der Waals surface area contributed by atoms with Gasteiger partial charge in [-0.3, -0.25) is 14.6 Å². The maximum absolute atomic E-state index is 13.0. The SMILES string of the molecule is CC(NC[C@@H]1OCCN(C)[C@H]1c1ccnn1C)c1ccc(F)cn1. The number of halogens is 1. The predicted octanol–water partition coefficient (Wildman–Crippen LogP) is 1.68. The Kier molecular flexibility index (Phi) is 5.23. The summed E-state index contributed by atoms with van der Waals surface area (Å²) in [6.45, 7) is 4.30. The molecule has 3 rings (SSSR count). The van der Waals surface area contributed by atoms with Gasteiger partial charge in [0.1, 0.15) is 5.82 Å². The summed E-state index contributed by atoms with van der Waals surface area (Å²) in [6.07, 6.45) is 3.08. The lowest BCUT2D eigenvalue weighted by atomic mass is 10.0. The number of ether oxygens (including phenoxy) is 1. The predicted molar refractivity (Wildman–Crippen MR) is 88.9 cm³/mol. The maximum atomic E-state index is 13.0. The van der Waals surface area contributed by atoms with Crippen molar-refractivity contribution in [2.24, 2.45) is 7.05 Å². The van der Waals surface area contributed by atoms with Crippen molar-refractivity contribution in [3.05, 3.63) is 47.8 Å². The van der Waals surface area contributed by atoms with Crippen LogP contribution in [-0.4, -0.2) is 52.5 Å². The maximum Gasteiger partial charge on any atom is 0.141 e. The van der Waals surface area contributed by atoms with Crippen LogP contribution in [0.3, 0.4) is 0 Å². The average molecular weight is 333 g/mol. The molecule has 0 saturated carbocycles. The Labute approximate surface area is 141 Å². The molecule has 1 aliphatic rings. The minimum Gasteiger partial charge on any atom is -0.374 e. The van der Waals surface area contributed by atoms with E-state index in [9.17, 15) is 4.39 Å². The van der Waals surface area contributed by atoms with E-state index >= 15 is 0 Å². The Bertz CT molecular complexity index is 659. The van der Waals surface area contributed by atoms with Crippen LogP contribution in [0.25, 0.3) is 0 Å². The zero-order chi connectivity index (χ0) is 17.1. The van der Waals surface area contributed by atoms with E-state index in [1.165, 1.54) is 12.3 Å². The second-order valence-corrected chi connectivity index (χ2v) is 6.25. The number of rotatable bonds is 5. The lowest BCUT2D eigenvalue weighted by Gasteiger charge is -2.39. The first-order chi connectivity index (χ1) is 11.6. The fourth-order valence-electron chi connectivity index (χ4n) is 3.16. The minimum atomic E-state index is -0.320. The highest BCUT2D eigenvalue weighted by molar-refractivity contribution is 5.12. The summed E-state index contributed by atoms with van der Waals surface area (Å²) in [6, 6.07) is 5.35. The molecule has 6 nitrogen and oxygen atoms in total. The second-order valence-electron chi connectivity index (χ2n) is 6.25. The first-order valence-corrected chi connectivity index (χ1v) is 8.21. The summed E-state index contributed by atoms with van der Waals surface area (Å²) in [4.78, 5) is 6.44. The number of nitrogens with zero attached hydrogens (tertiary/aromatic N) is 4. The molecular weight excluding hydrogens is 309 g/mol. The molecular formula is C17H24FN5O. The van der Waals surface area contributed by atoms with Gasteiger partial charge in [-0.25, -0.2) is 4.39 Å². The quantitative estimate of drug-likeness (QED) is 0.902. The lowest BCUT2D eigenvalue weighted by Crippen LogP contribution is -2.48. The van der Waals surface area contributed by atoms with Gasteiger partial charge in [0, 0.05) is 32.4 Å². The summed E-state index contributed by atoms with van der Waals surface area (Å²) in [7, 11) is 4.06. The standard InChI is InChI=1S/C17H24FN5O/c1-12(14-5-4-13(18)10-20-14)19-11-16-17(22(2)8-9-24-16)15-6-7-21-23(15)3/h4-7,10,12,16-17,19H,8-9,11H2,1-3H3/t12?,16-,17-/m0/s1. The van der Waals surface area contributed by atoms with Gasteiger partial charge < -0.3 is 10.1 Å². The highest BCUT2D eigenvalue weighted by atomic mass is 19.1. The molecule has 3 heterocycles. The first kappa shape index (κ1) is 17.0. The Hall–Kier alpha value is -1.83. The third-order valence-corrected chi connectivity index (χ3v) is 4.58. The summed E-state index contributed by atoms with van der Waals surface area (Å²) >= 11 is 0. The minimum absolute atomic E-state index is 0.0158. The Balaban J connectivity index is 1.68. The van der Waals surface area contributed by atoms with Crippen molar-refractivity contribution in [1.29, 1.82) is 0 Å². The molecule has 1 N–H and O–H groups in total. The Morgan fingerprint density at radius 2 is 2.21 bits per heavy atom. The van der Waals surface area contributed by atoms with Crippen LogP contribution in [0.4, 0.5) is 4.39 Å². The number of likely N-dealkylation sites (N-methyl/N-ethyl adjacent to an activating group) is 1. The molecule has 1 saturated heterocycles. The molecule has 7 heteroatoms. The van der Waals surface area contributed by atoms with E-state index in [4.69, 9.17) is 4.74 Å². The van der Waals surface area contributed by atoms with Crippen molar-refractivity contribution in [2.45, 2.75) is 25.1 Å². The monoisotopic (exact) mass is 333 g/mol. The number of nitrogens with one attached hydrogen (secondary N) is 1. The topological polar surface area (TPSA) is 55.2 Å². The van der Waals surface area contributed by atoms with E-state index in [-0.39, 0.29) is 24.0 Å². The van der Waals surface area contributed by atoms with Gasteiger partial charge in [-0.2, -0.15) is 5.10 Å². The molecule has 2 aromatic heterocycles. The molecule has 1 aliphatic heterocycles. The molecule has 130 valence electrons. The summed E-state index contributed by atoms with van der Waals surface area (Å²) in [5.74, 6) is -0.320. The van der Waals surface area contributed by atoms with Crippen molar-refractivity contribution in [1.82, 2.24) is 25.0 Å². The summed E-state index contributed by atoms with van der Waals surface area (Å²) in [5.41, 5.74) is 1.95. The number of hydrogen-bond donors (Lipinski definition) is 1. The molecule has 2 aromatic rings. The van der Waals surface area contributed by atoms with Crippen molar-refractivity contribution in [3.8, 4) is 0 Å². The highest BCUT2D eigenvalue weighted by Crippen LogP contribution is 2.28. The second kappa shape index (κ2) is 7.38. The molecule has 0 aliphatic carbocycles. The van der Waals surface area contributed by atoms with Gasteiger partial charge in [0.25, 0.3) is 0 Å². The molecule has 1 fully saturated rings. The molecule has 0 amide bonds. The zero-order valence-corrected chi connectivity index (χ0v) is 14.3. The van der Waals surface area contributed by atoms with Crippen LogP contribution in [0.5, 0.6) is 0 Å². The van der Waals surface area contributed by atoms with Gasteiger partial charge >= 0.3 is 0 Å². The molecule has 0 radical (unpaired) electrons. The normalized spacial score (nSPS) is 23.3. The van der Waals surface area contributed by atoms with Crippen LogP contribution >= 0.6 is 0 Å². The van der Waals surface area contributed by atoms with Gasteiger partial charge in [-0.15, -0.1) is 0 Å². The number of aryl methyl sites for hydroxylation is 1. The van der Waals surface area contributed by atoms with Gasteiger partial charge in [0.2, 0.25) is 0 Å². The third-order valence-electron chi connectivity index (χ3n) is 4.58. The average Bonchev–Trinajstić information content (AvgIpc) is 2.99. The van der Waals surface area contributed by atoms with Crippen molar-refractivity contribution in [3.63, 3.8) is 0 Å². The molecule has 3 atom stereocenters. The fourth-order valence-corrected chi connectivity index (χ4v) is 3.16. The van der Waals surface area contributed by atoms with Crippen LogP contribution in [0, 0.1) is 5.82 Å². The highest BCUT2D eigenvalue weighted by Gasteiger charge is 2.33. The van der Waals surface area contributed by atoms with Gasteiger partial charge in [-0.1, -0.05) is 0 Å². The van der Waals surface area contributed by atoms with E-state index in [2.05, 4.69) is 27.3 Å². The first-order valence-electron chi connectivity index (χ1n) is 8.21.